The molecule has 1 heterocycles. The lowest BCUT2D eigenvalue weighted by Crippen LogP contribution is -2.31. The van der Waals surface area contributed by atoms with Gasteiger partial charge in [0, 0.05) is 5.02 Å². The Hall–Kier alpha value is -2.11. The van der Waals surface area contributed by atoms with E-state index in [1.54, 1.807) is 11.1 Å². The molecule has 4 nitrogen and oxygen atoms in total. The molecule has 0 spiro atoms. The number of thioether (sulfide) groups is 1. The highest BCUT2D eigenvalue weighted by atomic mass is 35.5. The Balaban J connectivity index is 1.81. The van der Waals surface area contributed by atoms with Crippen molar-refractivity contribution in [2.24, 2.45) is 10.2 Å². The van der Waals surface area contributed by atoms with E-state index in [0.29, 0.717) is 16.7 Å². The van der Waals surface area contributed by atoms with Gasteiger partial charge in [0.2, 0.25) is 5.91 Å². The van der Waals surface area contributed by atoms with Gasteiger partial charge in [0.1, 0.15) is 0 Å². The number of halogens is 1. The Labute approximate surface area is 163 Å². The van der Waals surface area contributed by atoms with Gasteiger partial charge in [0.15, 0.2) is 5.17 Å². The number of benzene rings is 2. The van der Waals surface area contributed by atoms with Crippen LogP contribution in [0.25, 0.3) is 0 Å². The SMILES string of the molecule is CCC1S/C(=N/N=C/c2ccc(Cl)cc2)N(Cc2ccccc2C)C1=O. The first kappa shape index (κ1) is 18.7. The summed E-state index contributed by atoms with van der Waals surface area (Å²) in [6.07, 6.45) is 2.44. The molecule has 1 unspecified atom stereocenters. The van der Waals surface area contributed by atoms with Crippen molar-refractivity contribution in [3.05, 3.63) is 70.2 Å². The maximum atomic E-state index is 12.7. The lowest BCUT2D eigenvalue weighted by atomic mass is 10.1. The largest absolute Gasteiger partial charge is 0.284 e. The first-order valence-corrected chi connectivity index (χ1v) is 9.73. The number of aryl methyl sites for hydroxylation is 1. The lowest BCUT2D eigenvalue weighted by Gasteiger charge is -2.17. The number of hydrogen-bond donors (Lipinski definition) is 0. The number of hydrogen-bond acceptors (Lipinski definition) is 4. The maximum absolute atomic E-state index is 12.7. The molecule has 1 aliphatic heterocycles. The third kappa shape index (κ3) is 4.34. The normalized spacial score (nSPS) is 19.0. The van der Waals surface area contributed by atoms with Gasteiger partial charge in [0.05, 0.1) is 18.0 Å². The molecule has 0 radical (unpaired) electrons. The number of amides is 1. The Morgan fingerprint density at radius 1 is 1.19 bits per heavy atom. The van der Waals surface area contributed by atoms with Crippen molar-refractivity contribution in [1.29, 1.82) is 0 Å². The van der Waals surface area contributed by atoms with Gasteiger partial charge >= 0.3 is 0 Å². The fourth-order valence-electron chi connectivity index (χ4n) is 2.64. The molecule has 134 valence electrons. The van der Waals surface area contributed by atoms with Gasteiger partial charge in [-0.1, -0.05) is 66.7 Å². The van der Waals surface area contributed by atoms with Gasteiger partial charge < -0.3 is 0 Å². The van der Waals surface area contributed by atoms with Crippen LogP contribution in [0.4, 0.5) is 0 Å². The smallest absolute Gasteiger partial charge is 0.242 e. The molecule has 6 heteroatoms. The summed E-state index contributed by atoms with van der Waals surface area (Å²) in [5.41, 5.74) is 3.19. The van der Waals surface area contributed by atoms with Gasteiger partial charge in [-0.25, -0.2) is 0 Å². The number of carbonyl (C=O) groups is 1. The summed E-state index contributed by atoms with van der Waals surface area (Å²) in [7, 11) is 0. The van der Waals surface area contributed by atoms with E-state index in [1.165, 1.54) is 11.8 Å². The second-order valence-electron chi connectivity index (χ2n) is 6.04. The minimum absolute atomic E-state index is 0.0940. The van der Waals surface area contributed by atoms with E-state index in [-0.39, 0.29) is 11.2 Å². The summed E-state index contributed by atoms with van der Waals surface area (Å²) in [6.45, 7) is 4.58. The Morgan fingerprint density at radius 2 is 1.92 bits per heavy atom. The van der Waals surface area contributed by atoms with E-state index in [0.717, 1.165) is 23.1 Å². The second-order valence-corrected chi connectivity index (χ2v) is 7.65. The van der Waals surface area contributed by atoms with E-state index in [9.17, 15) is 4.79 Å². The standard InChI is InChI=1S/C20H20ClN3OS/c1-3-18-19(25)24(13-16-7-5-4-6-14(16)2)20(26-18)23-22-12-15-8-10-17(21)11-9-15/h4-12,18H,3,13H2,1-2H3/b22-12+,23-20+. The van der Waals surface area contributed by atoms with Crippen molar-refractivity contribution in [3.8, 4) is 0 Å². The third-order valence-corrected chi connectivity index (χ3v) is 5.78. The summed E-state index contributed by atoms with van der Waals surface area (Å²) < 4.78 is 0. The van der Waals surface area contributed by atoms with Crippen LogP contribution in [0.15, 0.2) is 58.7 Å². The molecular formula is C20H20ClN3OS. The molecule has 0 aromatic heterocycles. The van der Waals surface area contributed by atoms with E-state index in [1.807, 2.05) is 49.4 Å². The van der Waals surface area contributed by atoms with Crippen molar-refractivity contribution >= 4 is 40.7 Å². The molecule has 2 aromatic rings. The maximum Gasteiger partial charge on any atom is 0.242 e. The molecule has 1 saturated heterocycles. The molecule has 0 bridgehead atoms. The fourth-order valence-corrected chi connectivity index (χ4v) is 3.79. The fraction of sp³-hybridized carbons (Fsp3) is 0.250. The molecule has 0 saturated carbocycles. The van der Waals surface area contributed by atoms with Crippen molar-refractivity contribution in [3.63, 3.8) is 0 Å². The molecule has 1 fully saturated rings. The highest BCUT2D eigenvalue weighted by Crippen LogP contribution is 2.31. The van der Waals surface area contributed by atoms with Crippen LogP contribution in [0.1, 0.15) is 30.0 Å². The van der Waals surface area contributed by atoms with E-state index in [4.69, 9.17) is 11.6 Å². The van der Waals surface area contributed by atoms with Gasteiger partial charge in [-0.15, -0.1) is 5.10 Å². The lowest BCUT2D eigenvalue weighted by molar-refractivity contribution is -0.126. The van der Waals surface area contributed by atoms with Crippen LogP contribution >= 0.6 is 23.4 Å². The van der Waals surface area contributed by atoms with Gasteiger partial charge in [0.25, 0.3) is 0 Å². The molecule has 2 aromatic carbocycles. The monoisotopic (exact) mass is 385 g/mol. The van der Waals surface area contributed by atoms with Crippen LogP contribution < -0.4 is 0 Å². The number of nitrogens with zero attached hydrogens (tertiary/aromatic N) is 3. The van der Waals surface area contributed by atoms with E-state index < -0.39 is 0 Å². The van der Waals surface area contributed by atoms with Gasteiger partial charge in [-0.3, -0.25) is 9.69 Å². The third-order valence-electron chi connectivity index (χ3n) is 4.20. The molecule has 3 rings (SSSR count). The van der Waals surface area contributed by atoms with Crippen LogP contribution in [-0.2, 0) is 11.3 Å². The topological polar surface area (TPSA) is 45.0 Å². The van der Waals surface area contributed by atoms with Crippen molar-refractivity contribution in [2.75, 3.05) is 0 Å². The predicted molar refractivity (Wildman–Crippen MR) is 110 cm³/mol. The summed E-state index contributed by atoms with van der Waals surface area (Å²) in [5, 5.41) is 9.73. The second kappa shape index (κ2) is 8.52. The van der Waals surface area contributed by atoms with Crippen molar-refractivity contribution in [2.45, 2.75) is 32.1 Å². The zero-order chi connectivity index (χ0) is 18.5. The Bertz CT molecular complexity index is 848. The molecule has 0 aliphatic carbocycles. The molecule has 1 atom stereocenters. The first-order valence-electron chi connectivity index (χ1n) is 8.47. The predicted octanol–water partition coefficient (Wildman–Crippen LogP) is 4.89. The minimum Gasteiger partial charge on any atom is -0.284 e. The van der Waals surface area contributed by atoms with E-state index in [2.05, 4.69) is 23.2 Å². The molecule has 0 N–H and O–H groups in total. The number of carbonyl (C=O) groups excluding carboxylic acids is 1. The zero-order valence-corrected chi connectivity index (χ0v) is 16.3. The van der Waals surface area contributed by atoms with Crippen LogP contribution in [-0.4, -0.2) is 27.4 Å². The summed E-state index contributed by atoms with van der Waals surface area (Å²) in [4.78, 5) is 14.4. The van der Waals surface area contributed by atoms with Crippen LogP contribution in [0, 0.1) is 6.92 Å². The number of rotatable bonds is 5. The molecule has 1 aliphatic rings. The number of amidine groups is 1. The Kier molecular flexibility index (Phi) is 6.12. The van der Waals surface area contributed by atoms with Gasteiger partial charge in [-0.05, 0) is 42.2 Å². The minimum atomic E-state index is -0.0940. The van der Waals surface area contributed by atoms with Gasteiger partial charge in [-0.2, -0.15) is 5.10 Å². The highest BCUT2D eigenvalue weighted by molar-refractivity contribution is 8.15. The van der Waals surface area contributed by atoms with Crippen molar-refractivity contribution < 1.29 is 4.79 Å². The summed E-state index contributed by atoms with van der Waals surface area (Å²) in [6, 6.07) is 15.4. The average Bonchev–Trinajstić information content (AvgIpc) is 2.94. The summed E-state index contributed by atoms with van der Waals surface area (Å²) in [5.74, 6) is 0.0983. The molecule has 1 amide bonds. The highest BCUT2D eigenvalue weighted by Gasteiger charge is 2.37. The molecule has 26 heavy (non-hydrogen) atoms. The molecular weight excluding hydrogens is 366 g/mol. The first-order chi connectivity index (χ1) is 12.6. The quantitative estimate of drug-likeness (QED) is 0.543. The van der Waals surface area contributed by atoms with Crippen LogP contribution in [0.5, 0.6) is 0 Å². The van der Waals surface area contributed by atoms with E-state index >= 15 is 0 Å². The van der Waals surface area contributed by atoms with Crippen molar-refractivity contribution in [1.82, 2.24) is 4.90 Å². The summed E-state index contributed by atoms with van der Waals surface area (Å²) >= 11 is 7.37. The zero-order valence-electron chi connectivity index (χ0n) is 14.7. The van der Waals surface area contributed by atoms with Crippen LogP contribution in [0.2, 0.25) is 5.02 Å². The van der Waals surface area contributed by atoms with Crippen LogP contribution in [0.3, 0.4) is 0 Å². The average molecular weight is 386 g/mol. The Morgan fingerprint density at radius 3 is 2.62 bits per heavy atom.